The van der Waals surface area contributed by atoms with Crippen molar-refractivity contribution in [1.29, 1.82) is 0 Å². The van der Waals surface area contributed by atoms with Crippen molar-refractivity contribution in [3.8, 4) is 5.75 Å². The zero-order valence-corrected chi connectivity index (χ0v) is 20.9. The molecule has 0 aliphatic carbocycles. The Bertz CT molecular complexity index is 1020. The van der Waals surface area contributed by atoms with Crippen LogP contribution in [0.1, 0.15) is 51.3 Å². The second kappa shape index (κ2) is 11.3. The maximum absolute atomic E-state index is 13.8. The fourth-order valence-corrected chi connectivity index (χ4v) is 4.16. The van der Waals surface area contributed by atoms with Gasteiger partial charge in [0.25, 0.3) is 0 Å². The van der Waals surface area contributed by atoms with Crippen LogP contribution in [0.5, 0.6) is 5.75 Å². The van der Waals surface area contributed by atoms with E-state index in [1.165, 1.54) is 4.90 Å². The highest BCUT2D eigenvalue weighted by Crippen LogP contribution is 2.31. The lowest BCUT2D eigenvalue weighted by molar-refractivity contribution is -0.134. The van der Waals surface area contributed by atoms with Crippen LogP contribution < -0.4 is 10.1 Å². The first-order valence-corrected chi connectivity index (χ1v) is 11.8. The lowest BCUT2D eigenvalue weighted by Crippen LogP contribution is -2.48. The molecule has 8 nitrogen and oxygen atoms in total. The Labute approximate surface area is 206 Å². The summed E-state index contributed by atoms with van der Waals surface area (Å²) in [5, 5.41) is 2.86. The lowest BCUT2D eigenvalue weighted by Gasteiger charge is -2.31. The molecule has 188 valence electrons. The second-order valence-electron chi connectivity index (χ2n) is 9.54. The average Bonchev–Trinajstić information content (AvgIpc) is 3.18. The molecule has 0 spiro atoms. The number of ether oxygens (including phenoxy) is 3. The first kappa shape index (κ1) is 26.1. The smallest absolute Gasteiger partial charge is 0.416 e. The molecule has 3 rings (SSSR count). The Morgan fingerprint density at radius 3 is 2.34 bits per heavy atom. The van der Waals surface area contributed by atoms with E-state index < -0.39 is 41.7 Å². The Kier molecular flexibility index (Phi) is 8.38. The van der Waals surface area contributed by atoms with Crippen LogP contribution in [-0.2, 0) is 20.7 Å². The quantitative estimate of drug-likeness (QED) is 0.577. The van der Waals surface area contributed by atoms with Crippen molar-refractivity contribution >= 4 is 18.1 Å². The summed E-state index contributed by atoms with van der Waals surface area (Å²) in [6.45, 7) is 7.29. The van der Waals surface area contributed by atoms with Crippen molar-refractivity contribution in [3.05, 3.63) is 65.7 Å². The van der Waals surface area contributed by atoms with E-state index in [2.05, 4.69) is 5.32 Å². The normalized spacial score (nSPS) is 17.3. The molecular formula is C27H34N2O6. The van der Waals surface area contributed by atoms with Crippen LogP contribution in [0.3, 0.4) is 0 Å². The predicted octanol–water partition coefficient (Wildman–Crippen LogP) is 4.88. The van der Waals surface area contributed by atoms with Gasteiger partial charge in [0.2, 0.25) is 5.91 Å². The molecule has 2 aromatic carbocycles. The maximum atomic E-state index is 13.8. The van der Waals surface area contributed by atoms with Crippen molar-refractivity contribution in [3.63, 3.8) is 0 Å². The Morgan fingerprint density at radius 2 is 1.77 bits per heavy atom. The number of hydrogen-bond acceptors (Lipinski definition) is 6. The van der Waals surface area contributed by atoms with Crippen LogP contribution in [0.2, 0.25) is 0 Å². The second-order valence-corrected chi connectivity index (χ2v) is 9.54. The molecule has 1 aliphatic heterocycles. The van der Waals surface area contributed by atoms with Gasteiger partial charge in [0.05, 0.1) is 25.1 Å². The largest absolute Gasteiger partial charge is 0.497 e. The van der Waals surface area contributed by atoms with Gasteiger partial charge in [-0.1, -0.05) is 49.4 Å². The van der Waals surface area contributed by atoms with Gasteiger partial charge in [-0.15, -0.1) is 0 Å². The number of methoxy groups -OCH3 is 1. The van der Waals surface area contributed by atoms with Crippen LogP contribution in [0.25, 0.3) is 0 Å². The van der Waals surface area contributed by atoms with E-state index in [1.807, 2.05) is 37.3 Å². The monoisotopic (exact) mass is 482 g/mol. The summed E-state index contributed by atoms with van der Waals surface area (Å²) in [6.07, 6.45) is -0.441. The van der Waals surface area contributed by atoms with Gasteiger partial charge < -0.3 is 19.5 Å². The number of rotatable bonds is 8. The third-order valence-corrected chi connectivity index (χ3v) is 5.82. The number of nitrogens with zero attached hydrogens (tertiary/aromatic N) is 1. The minimum atomic E-state index is -0.723. The van der Waals surface area contributed by atoms with Crippen LogP contribution in [0.15, 0.2) is 54.6 Å². The van der Waals surface area contributed by atoms with E-state index in [0.717, 1.165) is 5.56 Å². The molecule has 0 saturated carbocycles. The van der Waals surface area contributed by atoms with Crippen molar-refractivity contribution in [2.45, 2.75) is 58.2 Å². The molecule has 1 saturated heterocycles. The number of alkyl carbamates (subject to hydrolysis) is 1. The van der Waals surface area contributed by atoms with Crippen molar-refractivity contribution in [2.24, 2.45) is 5.92 Å². The molecule has 1 aliphatic rings. The van der Waals surface area contributed by atoms with E-state index in [4.69, 9.17) is 14.2 Å². The minimum absolute atomic E-state index is 0.128. The average molecular weight is 483 g/mol. The van der Waals surface area contributed by atoms with Gasteiger partial charge in [-0.2, -0.15) is 0 Å². The van der Waals surface area contributed by atoms with Crippen molar-refractivity contribution in [2.75, 3.05) is 13.7 Å². The molecule has 3 atom stereocenters. The first-order chi connectivity index (χ1) is 16.6. The van der Waals surface area contributed by atoms with E-state index in [9.17, 15) is 14.4 Å². The third kappa shape index (κ3) is 6.74. The summed E-state index contributed by atoms with van der Waals surface area (Å²) in [5.41, 5.74) is 0.990. The van der Waals surface area contributed by atoms with Gasteiger partial charge in [0, 0.05) is 0 Å². The highest BCUT2D eigenvalue weighted by Gasteiger charge is 2.43. The summed E-state index contributed by atoms with van der Waals surface area (Å²) < 4.78 is 16.0. The molecule has 35 heavy (non-hydrogen) atoms. The molecule has 0 aromatic heterocycles. The summed E-state index contributed by atoms with van der Waals surface area (Å²) in [5.74, 6) is -0.470. The number of nitrogens with one attached hydrogen (secondary N) is 1. The molecule has 0 bridgehead atoms. The molecule has 1 fully saturated rings. The van der Waals surface area contributed by atoms with Crippen molar-refractivity contribution in [1.82, 2.24) is 10.2 Å². The highest BCUT2D eigenvalue weighted by atomic mass is 16.6. The number of carbonyl (C=O) groups excluding carboxylic acids is 3. The number of cyclic esters (lactones) is 1. The van der Waals surface area contributed by atoms with E-state index in [0.29, 0.717) is 24.2 Å². The fourth-order valence-electron chi connectivity index (χ4n) is 4.16. The number of hydrogen-bond donors (Lipinski definition) is 1. The molecule has 1 heterocycles. The van der Waals surface area contributed by atoms with E-state index in [-0.39, 0.29) is 6.61 Å². The molecule has 0 radical (unpaired) electrons. The minimum Gasteiger partial charge on any atom is -0.497 e. The van der Waals surface area contributed by atoms with Crippen LogP contribution in [0.4, 0.5) is 9.59 Å². The topological polar surface area (TPSA) is 94.2 Å². The number of imide groups is 1. The third-order valence-electron chi connectivity index (χ3n) is 5.82. The van der Waals surface area contributed by atoms with Gasteiger partial charge in [0.1, 0.15) is 18.0 Å². The SMILES string of the molecule is CC[C@@H](C(=O)N1C(=O)OC[C@@H]1Cc1ccccc1)[C@@H](NC(=O)OC(C)(C)C)c1ccc(OC)cc1. The van der Waals surface area contributed by atoms with Gasteiger partial charge in [-0.3, -0.25) is 4.79 Å². The van der Waals surface area contributed by atoms with Gasteiger partial charge in [0.15, 0.2) is 0 Å². The van der Waals surface area contributed by atoms with Gasteiger partial charge in [-0.25, -0.2) is 14.5 Å². The summed E-state index contributed by atoms with van der Waals surface area (Å²) >= 11 is 0. The van der Waals surface area contributed by atoms with Crippen LogP contribution >= 0.6 is 0 Å². The molecule has 1 N–H and O–H groups in total. The standard InChI is InChI=1S/C27H34N2O6/c1-6-22(24(30)29-20(17-34-26(29)32)16-18-10-8-7-9-11-18)23(28-25(31)35-27(2,3)4)19-12-14-21(33-5)15-13-19/h7-15,20,22-23H,6,16-17H2,1-5H3,(H,28,31)/t20-,22+,23-/m0/s1. The first-order valence-electron chi connectivity index (χ1n) is 11.8. The van der Waals surface area contributed by atoms with Gasteiger partial charge in [-0.05, 0) is 56.9 Å². The number of carbonyl (C=O) groups is 3. The summed E-state index contributed by atoms with van der Waals surface area (Å²) in [6, 6.07) is 15.6. The number of amides is 3. The molecule has 3 amide bonds. The summed E-state index contributed by atoms with van der Waals surface area (Å²) in [4.78, 5) is 40.4. The maximum Gasteiger partial charge on any atom is 0.416 e. The van der Waals surface area contributed by atoms with Crippen molar-refractivity contribution < 1.29 is 28.6 Å². The van der Waals surface area contributed by atoms with E-state index >= 15 is 0 Å². The van der Waals surface area contributed by atoms with Crippen LogP contribution in [0, 0.1) is 5.92 Å². The predicted molar refractivity (Wildman–Crippen MR) is 131 cm³/mol. The van der Waals surface area contributed by atoms with Crippen LogP contribution in [-0.4, -0.2) is 48.4 Å². The zero-order chi connectivity index (χ0) is 25.6. The molecule has 0 unspecified atom stereocenters. The Balaban J connectivity index is 1.90. The summed E-state index contributed by atoms with van der Waals surface area (Å²) in [7, 11) is 1.57. The number of benzene rings is 2. The van der Waals surface area contributed by atoms with Gasteiger partial charge >= 0.3 is 12.2 Å². The van der Waals surface area contributed by atoms with E-state index in [1.54, 1.807) is 52.1 Å². The fraction of sp³-hybridized carbons (Fsp3) is 0.444. The molecule has 2 aromatic rings. The Morgan fingerprint density at radius 1 is 1.11 bits per heavy atom. The Hall–Kier alpha value is -3.55. The highest BCUT2D eigenvalue weighted by molar-refractivity contribution is 5.95. The molecule has 8 heteroatoms. The lowest BCUT2D eigenvalue weighted by atomic mass is 9.89. The molecular weight excluding hydrogens is 448 g/mol. The zero-order valence-electron chi connectivity index (χ0n) is 20.9.